The van der Waals surface area contributed by atoms with Gasteiger partial charge in [-0.3, -0.25) is 0 Å². The van der Waals surface area contributed by atoms with Gasteiger partial charge in [0.15, 0.2) is 0 Å². The van der Waals surface area contributed by atoms with Crippen molar-refractivity contribution in [2.75, 3.05) is 11.6 Å². The van der Waals surface area contributed by atoms with Gasteiger partial charge in [-0.1, -0.05) is 51.1 Å². The Bertz CT molecular complexity index is 466. The highest BCUT2D eigenvalue weighted by Gasteiger charge is 2.24. The van der Waals surface area contributed by atoms with Crippen LogP contribution in [0, 0.1) is 5.41 Å². The number of sulfonamides is 1. The molecule has 0 saturated heterocycles. The van der Waals surface area contributed by atoms with Crippen molar-refractivity contribution in [1.82, 2.24) is 4.72 Å². The molecule has 1 atom stereocenters. The zero-order valence-electron chi connectivity index (χ0n) is 11.0. The van der Waals surface area contributed by atoms with Gasteiger partial charge < -0.3 is 0 Å². The summed E-state index contributed by atoms with van der Waals surface area (Å²) in [4.78, 5) is 0. The van der Waals surface area contributed by atoms with Crippen LogP contribution in [0.2, 0.25) is 0 Å². The van der Waals surface area contributed by atoms with Gasteiger partial charge in [0.1, 0.15) is 0 Å². The predicted octanol–water partition coefficient (Wildman–Crippen LogP) is 2.93. The summed E-state index contributed by atoms with van der Waals surface area (Å²) < 4.78 is 26.7. The lowest BCUT2D eigenvalue weighted by Gasteiger charge is -2.22. The van der Waals surface area contributed by atoms with E-state index >= 15 is 0 Å². The smallest absolute Gasteiger partial charge is 0.212 e. The minimum atomic E-state index is -3.33. The highest BCUT2D eigenvalue weighted by atomic mass is 35.5. The van der Waals surface area contributed by atoms with Crippen LogP contribution in [0.3, 0.4) is 0 Å². The van der Waals surface area contributed by atoms with Crippen LogP contribution in [-0.4, -0.2) is 20.1 Å². The third kappa shape index (κ3) is 5.38. The Kier molecular flexibility index (Phi) is 5.20. The zero-order valence-corrected chi connectivity index (χ0v) is 12.6. The van der Waals surface area contributed by atoms with Gasteiger partial charge in [0.2, 0.25) is 10.0 Å². The van der Waals surface area contributed by atoms with Crippen LogP contribution in [-0.2, 0) is 10.0 Å². The van der Waals surface area contributed by atoms with Crippen molar-refractivity contribution < 1.29 is 8.42 Å². The van der Waals surface area contributed by atoms with Crippen molar-refractivity contribution in [2.45, 2.75) is 26.8 Å². The molecule has 0 radical (unpaired) electrons. The lowest BCUT2D eigenvalue weighted by Crippen LogP contribution is -2.35. The summed E-state index contributed by atoms with van der Waals surface area (Å²) in [5.74, 6) is 0.299. The summed E-state index contributed by atoms with van der Waals surface area (Å²) in [6, 6.07) is 8.98. The summed E-state index contributed by atoms with van der Waals surface area (Å²) in [5, 5.41) is 0. The second-order valence-corrected chi connectivity index (χ2v) is 7.62. The predicted molar refractivity (Wildman–Crippen MR) is 76.3 cm³/mol. The molecule has 0 fully saturated rings. The summed E-state index contributed by atoms with van der Waals surface area (Å²) in [6.45, 7) is 5.68. The average molecular weight is 290 g/mol. The van der Waals surface area contributed by atoms with Crippen LogP contribution in [0.1, 0.15) is 32.4 Å². The number of alkyl halides is 1. The fourth-order valence-corrected chi connectivity index (χ4v) is 3.93. The minimum Gasteiger partial charge on any atom is -0.212 e. The number of nitrogens with one attached hydrogen (secondary N) is 1. The van der Waals surface area contributed by atoms with E-state index in [1.54, 1.807) is 0 Å². The molecular formula is C13H20ClNO2S. The van der Waals surface area contributed by atoms with Crippen LogP contribution >= 0.6 is 11.6 Å². The molecule has 0 amide bonds. The molecule has 1 aromatic rings. The first-order chi connectivity index (χ1) is 8.23. The van der Waals surface area contributed by atoms with E-state index in [0.717, 1.165) is 5.56 Å². The van der Waals surface area contributed by atoms with Gasteiger partial charge in [-0.2, -0.15) is 0 Å². The fraction of sp³-hybridized carbons (Fsp3) is 0.538. The maximum Gasteiger partial charge on any atom is 0.212 e. The van der Waals surface area contributed by atoms with Crippen molar-refractivity contribution in [3.63, 3.8) is 0 Å². The summed E-state index contributed by atoms with van der Waals surface area (Å²) in [7, 11) is -3.33. The molecule has 0 aromatic heterocycles. The molecule has 0 aliphatic carbocycles. The maximum atomic E-state index is 12.0. The molecule has 3 nitrogen and oxygen atoms in total. The van der Waals surface area contributed by atoms with Crippen LogP contribution in [0.25, 0.3) is 0 Å². The maximum absolute atomic E-state index is 12.0. The van der Waals surface area contributed by atoms with E-state index in [0.29, 0.717) is 0 Å². The number of benzene rings is 1. The Morgan fingerprint density at radius 2 is 1.78 bits per heavy atom. The number of hydrogen-bond acceptors (Lipinski definition) is 2. The molecule has 1 N–H and O–H groups in total. The van der Waals surface area contributed by atoms with Crippen LogP contribution < -0.4 is 4.72 Å². The normalized spacial score (nSPS) is 14.4. The highest BCUT2D eigenvalue weighted by molar-refractivity contribution is 7.89. The molecule has 1 rings (SSSR count). The van der Waals surface area contributed by atoms with Gasteiger partial charge in [-0.25, -0.2) is 13.1 Å². The van der Waals surface area contributed by atoms with E-state index in [1.807, 2.05) is 51.1 Å². The Balaban J connectivity index is 2.82. The van der Waals surface area contributed by atoms with E-state index in [4.69, 9.17) is 11.6 Å². The molecule has 0 aliphatic heterocycles. The number of rotatable bonds is 5. The molecule has 0 aliphatic rings. The quantitative estimate of drug-likeness (QED) is 0.847. The van der Waals surface area contributed by atoms with Crippen molar-refractivity contribution in [3.8, 4) is 0 Å². The van der Waals surface area contributed by atoms with Crippen molar-refractivity contribution in [3.05, 3.63) is 35.9 Å². The van der Waals surface area contributed by atoms with Crippen molar-refractivity contribution >= 4 is 21.6 Å². The van der Waals surface area contributed by atoms with Gasteiger partial charge in [0.05, 0.1) is 11.8 Å². The van der Waals surface area contributed by atoms with Crippen LogP contribution in [0.4, 0.5) is 0 Å². The Morgan fingerprint density at radius 1 is 1.22 bits per heavy atom. The topological polar surface area (TPSA) is 46.2 Å². The summed E-state index contributed by atoms with van der Waals surface area (Å²) >= 11 is 5.85. The van der Waals surface area contributed by atoms with E-state index < -0.39 is 10.0 Å². The molecule has 0 bridgehead atoms. The SMILES string of the molecule is CC(C)(C)CS(=O)(=O)NC(CCl)c1ccccc1. The minimum absolute atomic E-state index is 0.0836. The highest BCUT2D eigenvalue weighted by Crippen LogP contribution is 2.19. The lowest BCUT2D eigenvalue weighted by molar-refractivity contribution is 0.455. The Hall–Kier alpha value is -0.580. The largest absolute Gasteiger partial charge is 0.212 e. The van der Waals surface area contributed by atoms with Gasteiger partial charge in [0.25, 0.3) is 0 Å². The summed E-state index contributed by atoms with van der Waals surface area (Å²) in [6.07, 6.45) is 0. The molecule has 1 aromatic carbocycles. The molecule has 0 spiro atoms. The standard InChI is InChI=1S/C13H20ClNO2S/c1-13(2,3)10-18(16,17)15-12(9-14)11-7-5-4-6-8-11/h4-8,12,15H,9-10H2,1-3H3. The summed E-state index contributed by atoms with van der Waals surface area (Å²) in [5.41, 5.74) is 0.601. The number of halogens is 1. The zero-order chi connectivity index (χ0) is 13.8. The number of hydrogen-bond donors (Lipinski definition) is 1. The monoisotopic (exact) mass is 289 g/mol. The van der Waals surface area contributed by atoms with Crippen LogP contribution in [0.5, 0.6) is 0 Å². The first kappa shape index (κ1) is 15.5. The van der Waals surface area contributed by atoms with Crippen molar-refractivity contribution in [1.29, 1.82) is 0 Å². The third-order valence-corrected chi connectivity index (χ3v) is 4.50. The van der Waals surface area contributed by atoms with E-state index in [1.165, 1.54) is 0 Å². The van der Waals surface area contributed by atoms with E-state index in [9.17, 15) is 8.42 Å². The first-order valence-corrected chi connectivity index (χ1v) is 8.03. The van der Waals surface area contributed by atoms with E-state index in [-0.39, 0.29) is 23.1 Å². The molecule has 18 heavy (non-hydrogen) atoms. The third-order valence-electron chi connectivity index (χ3n) is 2.30. The fourth-order valence-electron chi connectivity index (χ4n) is 1.70. The van der Waals surface area contributed by atoms with Crippen molar-refractivity contribution in [2.24, 2.45) is 5.41 Å². The molecule has 0 saturated carbocycles. The van der Waals surface area contributed by atoms with Gasteiger partial charge in [-0.05, 0) is 11.0 Å². The average Bonchev–Trinajstić information content (AvgIpc) is 2.24. The van der Waals surface area contributed by atoms with E-state index in [2.05, 4.69) is 4.72 Å². The lowest BCUT2D eigenvalue weighted by atomic mass is 10.0. The second-order valence-electron chi connectivity index (χ2n) is 5.56. The molecule has 102 valence electrons. The van der Waals surface area contributed by atoms with Gasteiger partial charge >= 0.3 is 0 Å². The first-order valence-electron chi connectivity index (χ1n) is 5.84. The molecular weight excluding hydrogens is 270 g/mol. The van der Waals surface area contributed by atoms with Crippen LogP contribution in [0.15, 0.2) is 30.3 Å². The Labute approximate surface area is 115 Å². The second kappa shape index (κ2) is 6.04. The molecule has 0 heterocycles. The Morgan fingerprint density at radius 3 is 2.22 bits per heavy atom. The molecule has 5 heteroatoms. The van der Waals surface area contributed by atoms with Gasteiger partial charge in [0, 0.05) is 5.88 Å². The molecule has 1 unspecified atom stereocenters. The van der Waals surface area contributed by atoms with Gasteiger partial charge in [-0.15, -0.1) is 11.6 Å².